The quantitative estimate of drug-likeness (QED) is 0.312. The van der Waals surface area contributed by atoms with E-state index in [4.69, 9.17) is 0 Å². The molecule has 34 heavy (non-hydrogen) atoms. The second-order valence-electron chi connectivity index (χ2n) is 7.62. The number of carboxylic acid groups (broad SMARTS) is 1. The maximum absolute atomic E-state index is 13.4. The number of nitrogens with one attached hydrogen (secondary N) is 1. The van der Waals surface area contributed by atoms with Crippen LogP contribution in [0.25, 0.3) is 10.2 Å². The number of amides is 1. The number of carbonyl (C=O) groups is 3. The molecule has 4 aromatic rings. The molecule has 0 aliphatic carbocycles. The van der Waals surface area contributed by atoms with E-state index in [2.05, 4.69) is 10.3 Å². The first-order chi connectivity index (χ1) is 16.5. The molecular formula is C26H22N2O4S2. The van der Waals surface area contributed by atoms with Crippen molar-refractivity contribution in [3.8, 4) is 0 Å². The standard InChI is InChI=1S/C26H22N2O4S2/c29-21(16-33-26-28-19-13-7-8-14-22(19)34-26)20(15-23(30)31)27-25(32)24(17-9-3-1-4-10-17)18-11-5-2-6-12-18/h1-14,20,24H,15-16H2,(H,27,32)(H,30,31)/t20-/m0/s1. The molecule has 1 aromatic heterocycles. The molecule has 1 amide bonds. The number of thiazole rings is 1. The van der Waals surface area contributed by atoms with Crippen LogP contribution in [0.4, 0.5) is 0 Å². The van der Waals surface area contributed by atoms with Crippen molar-refractivity contribution in [2.45, 2.75) is 22.7 Å². The number of aliphatic carboxylic acids is 1. The highest BCUT2D eigenvalue weighted by molar-refractivity contribution is 8.01. The number of ketones is 1. The summed E-state index contributed by atoms with van der Waals surface area (Å²) in [5.41, 5.74) is 2.37. The van der Waals surface area contributed by atoms with Gasteiger partial charge in [-0.1, -0.05) is 84.6 Å². The lowest BCUT2D eigenvalue weighted by Gasteiger charge is -2.22. The maximum atomic E-state index is 13.4. The summed E-state index contributed by atoms with van der Waals surface area (Å²) in [6.07, 6.45) is -0.485. The Kier molecular flexibility index (Phi) is 7.72. The number of thioether (sulfide) groups is 1. The van der Waals surface area contributed by atoms with Crippen molar-refractivity contribution in [2.24, 2.45) is 0 Å². The highest BCUT2D eigenvalue weighted by Gasteiger charge is 2.29. The second kappa shape index (κ2) is 11.1. The van der Waals surface area contributed by atoms with Gasteiger partial charge in [0.15, 0.2) is 10.1 Å². The number of carboxylic acids is 1. The summed E-state index contributed by atoms with van der Waals surface area (Å²) in [6, 6.07) is 25.0. The van der Waals surface area contributed by atoms with E-state index in [1.54, 1.807) is 0 Å². The zero-order chi connectivity index (χ0) is 23.9. The summed E-state index contributed by atoms with van der Waals surface area (Å²) >= 11 is 2.73. The molecule has 0 aliphatic heterocycles. The van der Waals surface area contributed by atoms with E-state index < -0.39 is 30.3 Å². The van der Waals surface area contributed by atoms with E-state index in [-0.39, 0.29) is 11.5 Å². The molecule has 0 bridgehead atoms. The Morgan fingerprint density at radius 2 is 1.47 bits per heavy atom. The molecule has 0 radical (unpaired) electrons. The lowest BCUT2D eigenvalue weighted by atomic mass is 9.90. The SMILES string of the molecule is O=C(O)C[C@H](NC(=O)C(c1ccccc1)c1ccccc1)C(=O)CSc1nc2ccccc2s1. The van der Waals surface area contributed by atoms with Gasteiger partial charge in [0.25, 0.3) is 0 Å². The summed E-state index contributed by atoms with van der Waals surface area (Å²) in [5, 5.41) is 12.1. The van der Waals surface area contributed by atoms with Crippen LogP contribution in [0.5, 0.6) is 0 Å². The van der Waals surface area contributed by atoms with Gasteiger partial charge in [0.05, 0.1) is 34.4 Å². The number of rotatable bonds is 10. The zero-order valence-electron chi connectivity index (χ0n) is 18.1. The summed E-state index contributed by atoms with van der Waals surface area (Å²) in [6.45, 7) is 0. The van der Waals surface area contributed by atoms with E-state index in [0.717, 1.165) is 25.7 Å². The first-order valence-corrected chi connectivity index (χ1v) is 12.4. The van der Waals surface area contributed by atoms with Crippen molar-refractivity contribution in [3.63, 3.8) is 0 Å². The molecule has 3 aromatic carbocycles. The summed E-state index contributed by atoms with van der Waals surface area (Å²) in [7, 11) is 0. The normalized spacial score (nSPS) is 11.9. The van der Waals surface area contributed by atoms with Gasteiger partial charge in [-0.15, -0.1) is 11.3 Å². The molecule has 6 nitrogen and oxygen atoms in total. The number of nitrogens with zero attached hydrogens (tertiary/aromatic N) is 1. The van der Waals surface area contributed by atoms with Crippen LogP contribution in [0.15, 0.2) is 89.3 Å². The Hall–Kier alpha value is -3.49. The number of carbonyl (C=O) groups excluding carboxylic acids is 2. The van der Waals surface area contributed by atoms with Gasteiger partial charge in [-0.25, -0.2) is 4.98 Å². The summed E-state index contributed by atoms with van der Waals surface area (Å²) in [4.78, 5) is 42.3. The van der Waals surface area contributed by atoms with Crippen LogP contribution in [-0.4, -0.2) is 39.5 Å². The van der Waals surface area contributed by atoms with Crippen LogP contribution in [0, 0.1) is 0 Å². The van der Waals surface area contributed by atoms with Gasteiger partial charge in [-0.3, -0.25) is 14.4 Å². The smallest absolute Gasteiger partial charge is 0.305 e. The van der Waals surface area contributed by atoms with Crippen molar-refractivity contribution < 1.29 is 19.5 Å². The Labute approximate surface area is 205 Å². The van der Waals surface area contributed by atoms with E-state index in [0.29, 0.717) is 0 Å². The lowest BCUT2D eigenvalue weighted by Crippen LogP contribution is -2.45. The third kappa shape index (κ3) is 5.89. The molecule has 0 saturated carbocycles. The van der Waals surface area contributed by atoms with Crippen LogP contribution >= 0.6 is 23.1 Å². The van der Waals surface area contributed by atoms with Crippen molar-refractivity contribution in [3.05, 3.63) is 96.1 Å². The predicted molar refractivity (Wildman–Crippen MR) is 134 cm³/mol. The molecule has 1 heterocycles. The topological polar surface area (TPSA) is 96.4 Å². The average Bonchev–Trinajstić information content (AvgIpc) is 3.26. The van der Waals surface area contributed by atoms with Crippen molar-refractivity contribution in [1.29, 1.82) is 0 Å². The Bertz CT molecular complexity index is 1220. The molecule has 0 fully saturated rings. The third-order valence-electron chi connectivity index (χ3n) is 5.22. The fraction of sp³-hybridized carbons (Fsp3) is 0.154. The monoisotopic (exact) mass is 490 g/mol. The molecule has 0 aliphatic rings. The zero-order valence-corrected chi connectivity index (χ0v) is 19.7. The second-order valence-corrected chi connectivity index (χ2v) is 9.87. The number of para-hydroxylation sites is 1. The highest BCUT2D eigenvalue weighted by Crippen LogP contribution is 2.30. The minimum absolute atomic E-state index is 0.0133. The Balaban J connectivity index is 1.51. The first-order valence-electron chi connectivity index (χ1n) is 10.6. The maximum Gasteiger partial charge on any atom is 0.305 e. The molecule has 8 heteroatoms. The van der Waals surface area contributed by atoms with Gasteiger partial charge >= 0.3 is 5.97 Å². The minimum atomic E-state index is -1.15. The molecule has 0 saturated heterocycles. The van der Waals surface area contributed by atoms with Crippen LogP contribution in [0.1, 0.15) is 23.5 Å². The molecule has 4 rings (SSSR count). The third-order valence-corrected chi connectivity index (χ3v) is 7.43. The van der Waals surface area contributed by atoms with Gasteiger partial charge in [0, 0.05) is 0 Å². The van der Waals surface area contributed by atoms with Gasteiger partial charge < -0.3 is 10.4 Å². The number of aromatic nitrogens is 1. The van der Waals surface area contributed by atoms with Crippen molar-refractivity contribution in [2.75, 3.05) is 5.75 Å². The van der Waals surface area contributed by atoms with Crippen molar-refractivity contribution in [1.82, 2.24) is 10.3 Å². The molecule has 2 N–H and O–H groups in total. The largest absolute Gasteiger partial charge is 0.481 e. The number of fused-ring (bicyclic) bond motifs is 1. The van der Waals surface area contributed by atoms with Crippen molar-refractivity contribution >= 4 is 51.0 Å². The number of hydrogen-bond donors (Lipinski definition) is 2. The van der Waals surface area contributed by atoms with E-state index in [1.807, 2.05) is 84.9 Å². The van der Waals surface area contributed by atoms with Gasteiger partial charge in [-0.2, -0.15) is 0 Å². The van der Waals surface area contributed by atoms with E-state index in [1.165, 1.54) is 23.1 Å². The first kappa shape index (κ1) is 23.7. The van der Waals surface area contributed by atoms with E-state index in [9.17, 15) is 19.5 Å². The fourth-order valence-corrected chi connectivity index (χ4v) is 5.62. The summed E-state index contributed by atoms with van der Waals surface area (Å²) < 4.78 is 1.74. The molecule has 1 atom stereocenters. The number of Topliss-reactive ketones (excluding diaryl/α,β-unsaturated/α-hetero) is 1. The molecule has 0 unspecified atom stereocenters. The van der Waals surface area contributed by atoms with Crippen LogP contribution in [-0.2, 0) is 14.4 Å². The molecular weight excluding hydrogens is 468 g/mol. The average molecular weight is 491 g/mol. The number of benzene rings is 3. The van der Waals surface area contributed by atoms with Gasteiger partial charge in [-0.05, 0) is 23.3 Å². The summed E-state index contributed by atoms with van der Waals surface area (Å²) in [5.74, 6) is -2.58. The van der Waals surface area contributed by atoms with Crippen LogP contribution in [0.2, 0.25) is 0 Å². The number of hydrogen-bond acceptors (Lipinski definition) is 6. The van der Waals surface area contributed by atoms with Gasteiger partial charge in [0.2, 0.25) is 5.91 Å². The Morgan fingerprint density at radius 1 is 0.882 bits per heavy atom. The van der Waals surface area contributed by atoms with Crippen LogP contribution < -0.4 is 5.32 Å². The van der Waals surface area contributed by atoms with Gasteiger partial charge in [0.1, 0.15) is 0 Å². The van der Waals surface area contributed by atoms with Crippen LogP contribution in [0.3, 0.4) is 0 Å². The minimum Gasteiger partial charge on any atom is -0.481 e. The van der Waals surface area contributed by atoms with E-state index >= 15 is 0 Å². The molecule has 172 valence electrons. The molecule has 0 spiro atoms. The lowest BCUT2D eigenvalue weighted by molar-refractivity contribution is -0.139. The predicted octanol–water partition coefficient (Wildman–Crippen LogP) is 4.75. The Morgan fingerprint density at radius 3 is 2.06 bits per heavy atom. The fourth-order valence-electron chi connectivity index (χ4n) is 3.61. The highest BCUT2D eigenvalue weighted by atomic mass is 32.2.